The number of aromatic nitrogens is 3. The summed E-state index contributed by atoms with van der Waals surface area (Å²) in [4.78, 5) is 25.7. The summed E-state index contributed by atoms with van der Waals surface area (Å²) in [6.45, 7) is 12.2. The number of rotatable bonds is 15. The lowest BCUT2D eigenvalue weighted by molar-refractivity contribution is -0.910. The van der Waals surface area contributed by atoms with Crippen LogP contribution in [0.1, 0.15) is 51.8 Å². The predicted octanol–water partition coefficient (Wildman–Crippen LogP) is 4.11. The first-order chi connectivity index (χ1) is 19.2. The zero-order chi connectivity index (χ0) is 28.7. The van der Waals surface area contributed by atoms with Crippen LogP contribution >= 0.6 is 0 Å². The standard InChI is InChI=1S/C31H50N7O2/c1-6-7-10-28-34-29-30(37(28)15-9-8-14-35(3)4)26-23-25(11-12-27(26)33-31(29)32)36-16-18-38(5,19-17-36)20-22-40-21-13-24(2)39/h11-12,23H,6-10,13-22H2,1-5H3,(H2,32,33)/q+1. The first kappa shape index (κ1) is 30.2. The summed E-state index contributed by atoms with van der Waals surface area (Å²) < 4.78 is 9.15. The molecule has 0 unspecified atom stereocenters. The molecule has 0 radical (unpaired) electrons. The zero-order valence-corrected chi connectivity index (χ0v) is 25.4. The molecule has 2 aromatic heterocycles. The molecule has 1 saturated heterocycles. The van der Waals surface area contributed by atoms with Crippen molar-refractivity contribution in [2.75, 3.05) is 84.3 Å². The van der Waals surface area contributed by atoms with Crippen molar-refractivity contribution >= 4 is 39.2 Å². The molecule has 1 aliphatic rings. The summed E-state index contributed by atoms with van der Waals surface area (Å²) in [7, 11) is 6.58. The van der Waals surface area contributed by atoms with Crippen LogP contribution in [-0.4, -0.2) is 103 Å². The highest BCUT2D eigenvalue weighted by Crippen LogP contribution is 2.33. The monoisotopic (exact) mass is 552 g/mol. The second-order valence-electron chi connectivity index (χ2n) is 12.0. The maximum Gasteiger partial charge on any atom is 0.152 e. The number of imidazole rings is 1. The van der Waals surface area contributed by atoms with E-state index < -0.39 is 0 Å². The molecule has 9 heteroatoms. The number of aryl methyl sites for hydroxylation is 2. The lowest BCUT2D eigenvalue weighted by Crippen LogP contribution is -2.58. The normalized spacial score (nSPS) is 15.5. The number of carbonyl (C=O) groups excluding carboxylic acids is 1. The minimum absolute atomic E-state index is 0.184. The second-order valence-corrected chi connectivity index (χ2v) is 12.0. The number of nitrogens with two attached hydrogens (primary N) is 1. The second kappa shape index (κ2) is 13.7. The number of ketones is 1. The number of nitrogens with zero attached hydrogens (tertiary/aromatic N) is 6. The average molecular weight is 553 g/mol. The van der Waals surface area contributed by atoms with Gasteiger partial charge in [-0.3, -0.25) is 4.79 Å². The van der Waals surface area contributed by atoms with Gasteiger partial charge in [0.15, 0.2) is 5.82 Å². The van der Waals surface area contributed by atoms with Gasteiger partial charge in [-0.15, -0.1) is 0 Å². The van der Waals surface area contributed by atoms with Crippen LogP contribution in [0, 0.1) is 0 Å². The third-order valence-electron chi connectivity index (χ3n) is 8.31. The Bertz CT molecular complexity index is 1280. The summed E-state index contributed by atoms with van der Waals surface area (Å²) >= 11 is 0. The third kappa shape index (κ3) is 7.50. The Labute approximate surface area is 239 Å². The van der Waals surface area contributed by atoms with E-state index in [0.717, 1.165) is 110 Å². The number of pyridine rings is 1. The van der Waals surface area contributed by atoms with Gasteiger partial charge in [-0.05, 0) is 65.0 Å². The molecule has 9 nitrogen and oxygen atoms in total. The van der Waals surface area contributed by atoms with Gasteiger partial charge >= 0.3 is 0 Å². The molecule has 0 amide bonds. The summed E-state index contributed by atoms with van der Waals surface area (Å²) in [6, 6.07) is 6.63. The Hall–Kier alpha value is -2.75. The van der Waals surface area contributed by atoms with E-state index in [2.05, 4.69) is 60.6 Å². The molecule has 40 heavy (non-hydrogen) atoms. The molecule has 2 N–H and O–H groups in total. The van der Waals surface area contributed by atoms with Crippen LogP contribution in [0.3, 0.4) is 0 Å². The molecule has 220 valence electrons. The van der Waals surface area contributed by atoms with Crippen molar-refractivity contribution in [3.8, 4) is 0 Å². The number of hydrogen-bond donors (Lipinski definition) is 1. The van der Waals surface area contributed by atoms with Crippen LogP contribution in [0.2, 0.25) is 0 Å². The number of anilines is 2. The minimum atomic E-state index is 0.184. The molecule has 0 bridgehead atoms. The molecule has 3 aromatic rings. The van der Waals surface area contributed by atoms with Gasteiger partial charge < -0.3 is 29.3 Å². The van der Waals surface area contributed by atoms with Gasteiger partial charge in [0, 0.05) is 30.5 Å². The highest BCUT2D eigenvalue weighted by atomic mass is 16.5. The quantitative estimate of drug-likeness (QED) is 0.224. The Morgan fingerprint density at radius 2 is 1.90 bits per heavy atom. The van der Waals surface area contributed by atoms with E-state index in [1.807, 2.05) is 0 Å². The number of carbonyl (C=O) groups is 1. The SMILES string of the molecule is CCCCc1nc2c(N)nc3ccc(N4CC[N+](C)(CCOCCC(C)=O)CC4)cc3c2n1CCCCN(C)C. The Morgan fingerprint density at radius 1 is 1.12 bits per heavy atom. The molecule has 0 saturated carbocycles. The topological polar surface area (TPSA) is 89.5 Å². The van der Waals surface area contributed by atoms with E-state index >= 15 is 0 Å². The summed E-state index contributed by atoms with van der Waals surface area (Å²) in [5, 5.41) is 1.14. The maximum atomic E-state index is 11.2. The fourth-order valence-electron chi connectivity index (χ4n) is 5.64. The molecule has 4 rings (SSSR count). The lowest BCUT2D eigenvalue weighted by Gasteiger charge is -2.42. The Balaban J connectivity index is 1.55. The van der Waals surface area contributed by atoms with Crippen molar-refractivity contribution in [2.45, 2.75) is 58.9 Å². The van der Waals surface area contributed by atoms with Crippen LogP contribution < -0.4 is 10.6 Å². The van der Waals surface area contributed by atoms with Crippen molar-refractivity contribution in [2.24, 2.45) is 0 Å². The smallest absolute Gasteiger partial charge is 0.152 e. The highest BCUT2D eigenvalue weighted by Gasteiger charge is 2.29. The van der Waals surface area contributed by atoms with Crippen molar-refractivity contribution in [3.63, 3.8) is 0 Å². The van der Waals surface area contributed by atoms with E-state index in [1.165, 1.54) is 5.69 Å². The number of ether oxygens (including phenoxy) is 1. The molecule has 3 heterocycles. The molecule has 1 aliphatic heterocycles. The molecular formula is C31H50N7O2+. The van der Waals surface area contributed by atoms with Gasteiger partial charge in [-0.2, -0.15) is 0 Å². The number of benzene rings is 1. The van der Waals surface area contributed by atoms with E-state index in [4.69, 9.17) is 20.4 Å². The van der Waals surface area contributed by atoms with Gasteiger partial charge in [-0.25, -0.2) is 9.97 Å². The number of nitrogen functional groups attached to an aromatic ring is 1. The number of hydrogen-bond acceptors (Lipinski definition) is 7. The van der Waals surface area contributed by atoms with Gasteiger partial charge in [0.2, 0.25) is 0 Å². The average Bonchev–Trinajstić information content (AvgIpc) is 3.29. The predicted molar refractivity (Wildman–Crippen MR) is 165 cm³/mol. The first-order valence-electron chi connectivity index (χ1n) is 15.1. The Kier molecular flexibility index (Phi) is 10.4. The van der Waals surface area contributed by atoms with Crippen LogP contribution in [0.4, 0.5) is 11.5 Å². The van der Waals surface area contributed by atoms with Crippen LogP contribution in [0.25, 0.3) is 21.9 Å². The molecular weight excluding hydrogens is 502 g/mol. The van der Waals surface area contributed by atoms with E-state index in [9.17, 15) is 4.79 Å². The number of likely N-dealkylation sites (N-methyl/N-ethyl adjacent to an activating group) is 1. The number of unbranched alkanes of at least 4 members (excludes halogenated alkanes) is 2. The fraction of sp³-hybridized carbons (Fsp3) is 0.645. The Morgan fingerprint density at radius 3 is 2.60 bits per heavy atom. The fourth-order valence-corrected chi connectivity index (χ4v) is 5.64. The maximum absolute atomic E-state index is 11.2. The third-order valence-corrected chi connectivity index (χ3v) is 8.31. The van der Waals surface area contributed by atoms with Crippen molar-refractivity contribution in [3.05, 3.63) is 24.0 Å². The van der Waals surface area contributed by atoms with Crippen LogP contribution in [0.5, 0.6) is 0 Å². The number of quaternary nitrogens is 1. The largest absolute Gasteiger partial charge is 0.382 e. The summed E-state index contributed by atoms with van der Waals surface area (Å²) in [6.07, 6.45) is 5.97. The molecule has 1 fully saturated rings. The number of fused-ring (bicyclic) bond motifs is 3. The molecule has 0 atom stereocenters. The van der Waals surface area contributed by atoms with Gasteiger partial charge in [0.1, 0.15) is 23.7 Å². The van der Waals surface area contributed by atoms with Gasteiger partial charge in [0.25, 0.3) is 0 Å². The number of piperazine rings is 1. The van der Waals surface area contributed by atoms with Crippen molar-refractivity contribution in [1.82, 2.24) is 19.4 Å². The highest BCUT2D eigenvalue weighted by molar-refractivity contribution is 6.07. The number of Topliss-reactive ketones (excluding diaryl/α,β-unsaturated/α-hetero) is 1. The van der Waals surface area contributed by atoms with Gasteiger partial charge in [-0.1, -0.05) is 13.3 Å². The molecule has 1 aromatic carbocycles. The zero-order valence-electron chi connectivity index (χ0n) is 25.4. The van der Waals surface area contributed by atoms with Crippen LogP contribution in [0.15, 0.2) is 18.2 Å². The van der Waals surface area contributed by atoms with Crippen molar-refractivity contribution in [1.29, 1.82) is 0 Å². The molecule has 0 aliphatic carbocycles. The van der Waals surface area contributed by atoms with E-state index in [-0.39, 0.29) is 5.78 Å². The minimum Gasteiger partial charge on any atom is -0.382 e. The van der Waals surface area contributed by atoms with Crippen molar-refractivity contribution < 1.29 is 14.0 Å². The van der Waals surface area contributed by atoms with E-state index in [0.29, 0.717) is 25.5 Å². The lowest BCUT2D eigenvalue weighted by atomic mass is 10.1. The van der Waals surface area contributed by atoms with Crippen LogP contribution in [-0.2, 0) is 22.5 Å². The van der Waals surface area contributed by atoms with E-state index in [1.54, 1.807) is 6.92 Å². The molecule has 0 spiro atoms. The summed E-state index contributed by atoms with van der Waals surface area (Å²) in [5.74, 6) is 1.84. The first-order valence-corrected chi connectivity index (χ1v) is 15.1. The van der Waals surface area contributed by atoms with Gasteiger partial charge in [0.05, 0.1) is 57.5 Å². The summed E-state index contributed by atoms with van der Waals surface area (Å²) in [5.41, 5.74) is 10.6.